The lowest BCUT2D eigenvalue weighted by Crippen LogP contribution is -2.61. The smallest absolute Gasteiger partial charge is 0.318 e. The van der Waals surface area contributed by atoms with E-state index < -0.39 is 17.5 Å². The number of nitrogens with zero attached hydrogens (tertiary/aromatic N) is 6. The number of morpholine rings is 1. The van der Waals surface area contributed by atoms with Gasteiger partial charge in [0.1, 0.15) is 30.2 Å². The van der Waals surface area contributed by atoms with Crippen LogP contribution in [0.25, 0.3) is 10.8 Å². The Balaban J connectivity index is 1.11. The molecule has 5 atom stereocenters. The molecule has 0 unspecified atom stereocenters. The highest BCUT2D eigenvalue weighted by atomic mass is 19.1. The molecule has 0 bridgehead atoms. The number of halogens is 2. The van der Waals surface area contributed by atoms with Gasteiger partial charge in [-0.1, -0.05) is 39.3 Å². The highest BCUT2D eigenvalue weighted by Crippen LogP contribution is 2.49. The number of terminal acetylenes is 1. The van der Waals surface area contributed by atoms with E-state index in [0.717, 1.165) is 80.9 Å². The van der Waals surface area contributed by atoms with Gasteiger partial charge < -0.3 is 24.4 Å². The molecular weight excluding hydrogens is 775 g/mol. The van der Waals surface area contributed by atoms with Crippen LogP contribution >= 0.6 is 0 Å². The lowest BCUT2D eigenvalue weighted by molar-refractivity contribution is -0.126. The minimum Gasteiger partial charge on any atom is -0.508 e. The maximum absolute atomic E-state index is 16.0. The lowest BCUT2D eigenvalue weighted by atomic mass is 9.71. The number of likely N-dealkylation sites (tertiary alicyclic amines) is 2. The number of anilines is 1. The Kier molecular flexibility index (Phi) is 12.4. The summed E-state index contributed by atoms with van der Waals surface area (Å²) >= 11 is 0. The fraction of sp³-hybridized carbons (Fsp3) is 0.612. The molecule has 61 heavy (non-hydrogen) atoms. The Morgan fingerprint density at radius 2 is 1.92 bits per heavy atom. The van der Waals surface area contributed by atoms with Gasteiger partial charge in [0, 0.05) is 74.8 Å². The number of benzene rings is 2. The predicted molar refractivity (Wildman–Crippen MR) is 235 cm³/mol. The summed E-state index contributed by atoms with van der Waals surface area (Å²) in [5, 5.41) is 12.2. The van der Waals surface area contributed by atoms with Crippen LogP contribution in [0.4, 0.5) is 14.6 Å². The Morgan fingerprint density at radius 1 is 1.15 bits per heavy atom. The molecule has 10 nitrogen and oxygen atoms in total. The molecule has 3 saturated heterocycles. The second-order valence-corrected chi connectivity index (χ2v) is 19.5. The van der Waals surface area contributed by atoms with E-state index in [0.29, 0.717) is 68.2 Å². The van der Waals surface area contributed by atoms with Crippen LogP contribution in [0, 0.1) is 23.6 Å². The number of hydrogen-bond acceptors (Lipinski definition) is 9. The van der Waals surface area contributed by atoms with Gasteiger partial charge in [-0.05, 0) is 111 Å². The van der Waals surface area contributed by atoms with Gasteiger partial charge in [-0.3, -0.25) is 14.6 Å². The molecule has 1 aromatic heterocycles. The van der Waals surface area contributed by atoms with E-state index in [1.165, 1.54) is 12.1 Å². The number of fused-ring (bicyclic) bond motifs is 2. The molecule has 3 aromatic rings. The first-order valence-corrected chi connectivity index (χ1v) is 22.5. The molecule has 3 aliphatic heterocycles. The summed E-state index contributed by atoms with van der Waals surface area (Å²) in [5.41, 5.74) is 1.86. The number of aromatic nitrogens is 2. The van der Waals surface area contributed by atoms with Crippen molar-refractivity contribution < 1.29 is 28.2 Å². The lowest BCUT2D eigenvalue weighted by Gasteiger charge is -2.52. The molecule has 4 heterocycles. The molecule has 8 rings (SSSR count). The van der Waals surface area contributed by atoms with Crippen LogP contribution in [-0.4, -0.2) is 125 Å². The third kappa shape index (κ3) is 8.35. The maximum atomic E-state index is 16.0. The van der Waals surface area contributed by atoms with Crippen molar-refractivity contribution in [3.8, 4) is 24.1 Å². The molecule has 4 fully saturated rings. The van der Waals surface area contributed by atoms with E-state index in [2.05, 4.69) is 54.9 Å². The molecule has 2 aliphatic carbocycles. The first kappa shape index (κ1) is 43.3. The van der Waals surface area contributed by atoms with Crippen molar-refractivity contribution in [1.82, 2.24) is 24.7 Å². The topological polar surface area (TPSA) is 94.5 Å². The number of hydrogen-bond donors (Lipinski definition) is 1. The summed E-state index contributed by atoms with van der Waals surface area (Å²) in [6.45, 7) is 17.0. The monoisotopic (exact) mass is 838 g/mol. The van der Waals surface area contributed by atoms with E-state index >= 15 is 8.78 Å². The Hall–Kier alpha value is -4.31. The summed E-state index contributed by atoms with van der Waals surface area (Å²) in [4.78, 5) is 32.2. The summed E-state index contributed by atoms with van der Waals surface area (Å²) in [5.74, 6) is 2.74. The van der Waals surface area contributed by atoms with Crippen LogP contribution in [0.2, 0.25) is 0 Å². The quantitative estimate of drug-likeness (QED) is 0.164. The number of phenols is 1. The number of aromatic hydroxyl groups is 1. The summed E-state index contributed by atoms with van der Waals surface area (Å²) in [6, 6.07) is 7.73. The van der Waals surface area contributed by atoms with E-state index in [-0.39, 0.29) is 53.3 Å². The third-order valence-corrected chi connectivity index (χ3v) is 14.9. The zero-order valence-corrected chi connectivity index (χ0v) is 36.8. The van der Waals surface area contributed by atoms with Crippen molar-refractivity contribution in [1.29, 1.82) is 0 Å². The molecule has 12 heteroatoms. The standard InChI is InChI=1S/C49H64F2N6O4/c1-8-39-42(51)19-13-33-23-38(58)25-41(45(33)39)32-12-18-40-43(24-32)52-47(53-46(40)54(7)28-37-11-10-20-56(37)44(59)9-2)61-30-49(48(4,5)6)26-34(50)27-57(49)36-16-14-35(15-17-36)55-21-22-60-29-31(55)3/h1,9,13,19,23,25,31-32,34-37,58H,2,10-12,14-18,20-22,24,26-30H2,3-7H3/t31-,32+,34+,35?,36?,37-,49-/m0/s1. The highest BCUT2D eigenvalue weighted by Gasteiger charge is 2.56. The van der Waals surface area contributed by atoms with Crippen molar-refractivity contribution >= 4 is 22.5 Å². The minimum atomic E-state index is -0.978. The number of alkyl halides is 1. The molecule has 0 radical (unpaired) electrons. The van der Waals surface area contributed by atoms with Crippen LogP contribution in [-0.2, 0) is 22.4 Å². The number of carbonyl (C=O) groups is 1. The Morgan fingerprint density at radius 3 is 2.64 bits per heavy atom. The zero-order chi connectivity index (χ0) is 43.2. The van der Waals surface area contributed by atoms with E-state index in [9.17, 15) is 9.90 Å². The molecular formula is C49H64F2N6O4. The van der Waals surface area contributed by atoms with Gasteiger partial charge in [-0.15, -0.1) is 6.42 Å². The number of rotatable bonds is 10. The Bertz CT molecular complexity index is 2160. The van der Waals surface area contributed by atoms with Gasteiger partial charge in [-0.25, -0.2) is 8.78 Å². The van der Waals surface area contributed by atoms with Crippen LogP contribution in [0.15, 0.2) is 36.9 Å². The van der Waals surface area contributed by atoms with Crippen LogP contribution in [0.3, 0.4) is 0 Å². The number of amides is 1. The molecule has 0 spiro atoms. The normalized spacial score (nSPS) is 28.7. The summed E-state index contributed by atoms with van der Waals surface area (Å²) in [7, 11) is 2.01. The molecule has 1 saturated carbocycles. The van der Waals surface area contributed by atoms with Crippen molar-refractivity contribution in [2.24, 2.45) is 5.41 Å². The van der Waals surface area contributed by atoms with Gasteiger partial charge in [0.2, 0.25) is 5.91 Å². The van der Waals surface area contributed by atoms with Gasteiger partial charge in [0.15, 0.2) is 0 Å². The van der Waals surface area contributed by atoms with Crippen LogP contribution < -0.4 is 9.64 Å². The zero-order valence-electron chi connectivity index (χ0n) is 36.8. The fourth-order valence-corrected chi connectivity index (χ4v) is 11.7. The van der Waals surface area contributed by atoms with E-state index in [4.69, 9.17) is 25.9 Å². The average molecular weight is 839 g/mol. The van der Waals surface area contributed by atoms with Gasteiger partial charge >= 0.3 is 6.01 Å². The average Bonchev–Trinajstić information content (AvgIpc) is 3.86. The third-order valence-electron chi connectivity index (χ3n) is 14.9. The van der Waals surface area contributed by atoms with E-state index in [1.807, 2.05) is 11.9 Å². The highest BCUT2D eigenvalue weighted by molar-refractivity contribution is 5.93. The second kappa shape index (κ2) is 17.5. The largest absolute Gasteiger partial charge is 0.508 e. The predicted octanol–water partition coefficient (Wildman–Crippen LogP) is 7.58. The maximum Gasteiger partial charge on any atom is 0.318 e. The van der Waals surface area contributed by atoms with Crippen molar-refractivity contribution in [3.05, 3.63) is 65.1 Å². The molecule has 5 aliphatic rings. The summed E-state index contributed by atoms with van der Waals surface area (Å²) < 4.78 is 43.7. The fourth-order valence-electron chi connectivity index (χ4n) is 11.7. The van der Waals surface area contributed by atoms with Gasteiger partial charge in [0.25, 0.3) is 0 Å². The van der Waals surface area contributed by atoms with Crippen molar-refractivity contribution in [2.75, 3.05) is 57.9 Å². The SMILES string of the molecule is C#Cc1c(F)ccc2cc(O)cc([C@@H]3CCc4c(nc(OC[C@]5(C(C)(C)C)C[C@@H](F)CN5C5CCC(N6CCOC[C@@H]6C)CC5)nc4N(C)C[C@@H]4CCCN4C(=O)C=C)C3)c12. The van der Waals surface area contributed by atoms with Crippen molar-refractivity contribution in [2.45, 2.75) is 134 Å². The Labute approximate surface area is 360 Å². The van der Waals surface area contributed by atoms with E-state index in [1.54, 1.807) is 18.2 Å². The van der Waals surface area contributed by atoms with Crippen molar-refractivity contribution in [3.63, 3.8) is 0 Å². The van der Waals surface area contributed by atoms with Crippen LogP contribution in [0.5, 0.6) is 11.8 Å². The number of ether oxygens (including phenoxy) is 2. The molecule has 328 valence electrons. The molecule has 2 aromatic carbocycles. The second-order valence-electron chi connectivity index (χ2n) is 19.5. The number of carbonyl (C=O) groups excluding carboxylic acids is 1. The number of likely N-dealkylation sites (N-methyl/N-ethyl adjacent to an activating group) is 1. The molecule has 1 amide bonds. The van der Waals surface area contributed by atoms with Crippen LogP contribution in [0.1, 0.15) is 107 Å². The number of phenolic OH excluding ortho intramolecular Hbond substituents is 1. The molecule has 1 N–H and O–H groups in total. The first-order valence-electron chi connectivity index (χ1n) is 22.5. The van der Waals surface area contributed by atoms with Gasteiger partial charge in [-0.2, -0.15) is 9.97 Å². The first-order chi connectivity index (χ1) is 29.2. The summed E-state index contributed by atoms with van der Waals surface area (Å²) in [6.07, 6.45) is 14.4. The minimum absolute atomic E-state index is 0.00296. The van der Waals surface area contributed by atoms with Gasteiger partial charge in [0.05, 0.1) is 30.0 Å².